The Labute approximate surface area is 102 Å². The Morgan fingerprint density at radius 3 is 2.94 bits per heavy atom. The summed E-state index contributed by atoms with van der Waals surface area (Å²) in [6, 6.07) is 1.75. The number of aromatic nitrogens is 2. The molecular weight excluding hydrogens is 240 g/mol. The number of hydrogen-bond donors (Lipinski definition) is 1. The maximum absolute atomic E-state index is 10.8. The summed E-state index contributed by atoms with van der Waals surface area (Å²) in [4.78, 5) is 15.0. The summed E-state index contributed by atoms with van der Waals surface area (Å²) in [5.41, 5.74) is 0.646. The minimum absolute atomic E-state index is 0.0143. The number of imidazole rings is 1. The maximum Gasteiger partial charge on any atom is 0.372 e. The van der Waals surface area contributed by atoms with Crippen molar-refractivity contribution in [2.45, 2.75) is 17.8 Å². The van der Waals surface area contributed by atoms with Crippen molar-refractivity contribution in [1.82, 2.24) is 9.55 Å². The molecule has 0 radical (unpaired) electrons. The third-order valence-electron chi connectivity index (χ3n) is 2.28. The quantitative estimate of drug-likeness (QED) is 0.846. The lowest BCUT2D eigenvalue weighted by Crippen LogP contribution is -1.95. The first-order valence-electron chi connectivity index (χ1n) is 5.00. The van der Waals surface area contributed by atoms with E-state index in [9.17, 15) is 4.79 Å². The summed E-state index contributed by atoms with van der Waals surface area (Å²) in [6.07, 6.45) is 3.58. The summed E-state index contributed by atoms with van der Waals surface area (Å²) in [5.74, 6) is 0.197. The molecule has 0 aliphatic heterocycles. The molecule has 0 amide bonds. The van der Waals surface area contributed by atoms with Crippen LogP contribution >= 0.6 is 11.8 Å². The Morgan fingerprint density at radius 2 is 2.41 bits per heavy atom. The molecule has 0 fully saturated rings. The first-order chi connectivity index (χ1) is 8.08. The highest BCUT2D eigenvalue weighted by Crippen LogP contribution is 2.23. The van der Waals surface area contributed by atoms with Crippen molar-refractivity contribution < 1.29 is 14.3 Å². The average Bonchev–Trinajstić information content (AvgIpc) is 2.82. The third kappa shape index (κ3) is 2.52. The Kier molecular flexibility index (Phi) is 3.23. The number of aryl methyl sites for hydroxylation is 2. The number of aromatic carboxylic acids is 1. The average molecular weight is 252 g/mol. The van der Waals surface area contributed by atoms with Crippen LogP contribution in [0.5, 0.6) is 0 Å². The first kappa shape index (κ1) is 11.8. The van der Waals surface area contributed by atoms with Crippen molar-refractivity contribution in [2.24, 2.45) is 7.05 Å². The van der Waals surface area contributed by atoms with E-state index in [-0.39, 0.29) is 5.76 Å². The van der Waals surface area contributed by atoms with Gasteiger partial charge in [-0.2, -0.15) is 0 Å². The van der Waals surface area contributed by atoms with Crippen LogP contribution in [0.25, 0.3) is 0 Å². The van der Waals surface area contributed by atoms with E-state index >= 15 is 0 Å². The molecule has 5 nitrogen and oxygen atoms in total. The number of furan rings is 1. The number of rotatable bonds is 4. The van der Waals surface area contributed by atoms with Crippen LogP contribution in [-0.4, -0.2) is 20.6 Å². The van der Waals surface area contributed by atoms with E-state index in [0.717, 1.165) is 5.16 Å². The second-order valence-corrected chi connectivity index (χ2v) is 4.58. The summed E-state index contributed by atoms with van der Waals surface area (Å²) >= 11 is 1.51. The lowest BCUT2D eigenvalue weighted by molar-refractivity contribution is 0.0659. The van der Waals surface area contributed by atoms with E-state index in [2.05, 4.69) is 4.98 Å². The van der Waals surface area contributed by atoms with E-state index in [1.165, 1.54) is 11.8 Å². The number of thioether (sulfide) groups is 1. The molecule has 0 atom stereocenters. The van der Waals surface area contributed by atoms with Gasteiger partial charge in [-0.05, 0) is 13.0 Å². The second-order valence-electron chi connectivity index (χ2n) is 3.64. The van der Waals surface area contributed by atoms with Gasteiger partial charge in [0.1, 0.15) is 5.76 Å². The van der Waals surface area contributed by atoms with E-state index in [1.807, 2.05) is 17.8 Å². The van der Waals surface area contributed by atoms with Gasteiger partial charge in [-0.15, -0.1) is 0 Å². The minimum atomic E-state index is -1.03. The zero-order chi connectivity index (χ0) is 12.4. The van der Waals surface area contributed by atoms with Gasteiger partial charge in [0.05, 0.1) is 5.75 Å². The number of carbonyl (C=O) groups is 1. The van der Waals surface area contributed by atoms with Crippen molar-refractivity contribution in [1.29, 1.82) is 0 Å². The van der Waals surface area contributed by atoms with Crippen LogP contribution in [0.1, 0.15) is 21.9 Å². The summed E-state index contributed by atoms with van der Waals surface area (Å²) < 4.78 is 7.16. The number of carboxylic acids is 1. The molecular formula is C11H12N2O3S. The summed E-state index contributed by atoms with van der Waals surface area (Å²) in [6.45, 7) is 1.72. The van der Waals surface area contributed by atoms with Gasteiger partial charge in [-0.1, -0.05) is 11.8 Å². The third-order valence-corrected chi connectivity index (χ3v) is 3.36. The smallest absolute Gasteiger partial charge is 0.372 e. The molecule has 1 N–H and O–H groups in total. The van der Waals surface area contributed by atoms with Gasteiger partial charge in [0.15, 0.2) is 5.16 Å². The highest BCUT2D eigenvalue weighted by Gasteiger charge is 2.14. The predicted octanol–water partition coefficient (Wildman–Crippen LogP) is 2.31. The maximum atomic E-state index is 10.8. The van der Waals surface area contributed by atoms with Crippen molar-refractivity contribution >= 4 is 17.7 Å². The van der Waals surface area contributed by atoms with Crippen LogP contribution in [0.4, 0.5) is 0 Å². The molecule has 2 aromatic rings. The summed E-state index contributed by atoms with van der Waals surface area (Å²) in [5, 5.41) is 9.73. The van der Waals surface area contributed by atoms with Crippen LogP contribution in [0.15, 0.2) is 28.0 Å². The van der Waals surface area contributed by atoms with Crippen molar-refractivity contribution in [3.8, 4) is 0 Å². The molecule has 0 aliphatic rings. The van der Waals surface area contributed by atoms with Crippen molar-refractivity contribution in [3.63, 3.8) is 0 Å². The summed E-state index contributed by atoms with van der Waals surface area (Å²) in [7, 11) is 1.91. The van der Waals surface area contributed by atoms with Crippen LogP contribution in [0.2, 0.25) is 0 Å². The van der Waals surface area contributed by atoms with Gasteiger partial charge >= 0.3 is 5.97 Å². The van der Waals surface area contributed by atoms with E-state index in [0.29, 0.717) is 17.1 Å². The molecule has 2 heterocycles. The zero-order valence-electron chi connectivity index (χ0n) is 9.51. The van der Waals surface area contributed by atoms with Gasteiger partial charge in [0.25, 0.3) is 0 Å². The Morgan fingerprint density at radius 1 is 1.65 bits per heavy atom. The molecule has 2 rings (SSSR count). The predicted molar refractivity (Wildman–Crippen MR) is 63.2 cm³/mol. The zero-order valence-corrected chi connectivity index (χ0v) is 10.3. The molecule has 90 valence electrons. The standard InChI is InChI=1S/C11H12N2O3S/c1-7-5-8(16-9(7)10(14)15)6-17-11-12-3-4-13(11)2/h3-5H,6H2,1-2H3,(H,14,15). The SMILES string of the molecule is Cc1cc(CSc2nccn2C)oc1C(=O)O. The molecule has 0 aliphatic carbocycles. The number of hydrogen-bond acceptors (Lipinski definition) is 4. The van der Waals surface area contributed by atoms with Crippen LogP contribution in [0.3, 0.4) is 0 Å². The second kappa shape index (κ2) is 4.67. The fraction of sp³-hybridized carbons (Fsp3) is 0.273. The molecule has 0 spiro atoms. The van der Waals surface area contributed by atoms with E-state index < -0.39 is 5.97 Å². The number of nitrogens with zero attached hydrogens (tertiary/aromatic N) is 2. The normalized spacial score (nSPS) is 10.7. The Hall–Kier alpha value is -1.69. The Bertz CT molecular complexity index is 545. The van der Waals surface area contributed by atoms with Crippen LogP contribution in [-0.2, 0) is 12.8 Å². The van der Waals surface area contributed by atoms with Crippen molar-refractivity contribution in [3.05, 3.63) is 35.5 Å². The van der Waals surface area contributed by atoms with Crippen molar-refractivity contribution in [2.75, 3.05) is 0 Å². The van der Waals surface area contributed by atoms with Crippen LogP contribution < -0.4 is 0 Å². The van der Waals surface area contributed by atoms with Gasteiger partial charge in [0, 0.05) is 25.0 Å². The lowest BCUT2D eigenvalue weighted by atomic mass is 10.3. The van der Waals surface area contributed by atoms with E-state index in [1.54, 1.807) is 19.2 Å². The van der Waals surface area contributed by atoms with Gasteiger partial charge in [0.2, 0.25) is 5.76 Å². The number of carboxylic acid groups (broad SMARTS) is 1. The molecule has 0 saturated carbocycles. The fourth-order valence-electron chi connectivity index (χ4n) is 1.46. The topological polar surface area (TPSA) is 68.3 Å². The highest BCUT2D eigenvalue weighted by atomic mass is 32.2. The first-order valence-corrected chi connectivity index (χ1v) is 5.99. The van der Waals surface area contributed by atoms with Gasteiger partial charge in [-0.25, -0.2) is 9.78 Å². The van der Waals surface area contributed by atoms with Gasteiger partial charge in [-0.3, -0.25) is 0 Å². The molecule has 0 aromatic carbocycles. The molecule has 0 unspecified atom stereocenters. The van der Waals surface area contributed by atoms with E-state index in [4.69, 9.17) is 9.52 Å². The largest absolute Gasteiger partial charge is 0.475 e. The fourth-order valence-corrected chi connectivity index (χ4v) is 2.27. The van der Waals surface area contributed by atoms with Crippen LogP contribution in [0, 0.1) is 6.92 Å². The minimum Gasteiger partial charge on any atom is -0.475 e. The Balaban J connectivity index is 2.07. The molecule has 0 bridgehead atoms. The monoisotopic (exact) mass is 252 g/mol. The molecule has 2 aromatic heterocycles. The molecule has 0 saturated heterocycles. The molecule has 6 heteroatoms. The lowest BCUT2D eigenvalue weighted by Gasteiger charge is -1.98. The highest BCUT2D eigenvalue weighted by molar-refractivity contribution is 7.98. The molecule has 17 heavy (non-hydrogen) atoms. The van der Waals surface area contributed by atoms with Gasteiger partial charge < -0.3 is 14.1 Å².